The van der Waals surface area contributed by atoms with E-state index in [1.165, 1.54) is 14.0 Å². The highest BCUT2D eigenvalue weighted by Crippen LogP contribution is 1.97. The highest BCUT2D eigenvalue weighted by atomic mass is 16.5. The number of carbonyl (C=O) groups excluding carboxylic acids is 2. The fraction of sp³-hybridized carbons (Fsp3) is 0.727. The van der Waals surface area contributed by atoms with Gasteiger partial charge in [-0.25, -0.2) is 9.59 Å². The highest BCUT2D eigenvalue weighted by molar-refractivity contribution is 5.83. The van der Waals surface area contributed by atoms with Gasteiger partial charge in [0, 0.05) is 13.6 Å². The maximum absolute atomic E-state index is 11.6. The summed E-state index contributed by atoms with van der Waals surface area (Å²) < 4.78 is 4.70. The van der Waals surface area contributed by atoms with E-state index in [1.54, 1.807) is 6.92 Å². The van der Waals surface area contributed by atoms with Crippen molar-refractivity contribution in [3.05, 3.63) is 0 Å². The number of carboxylic acid groups (broad SMARTS) is 1. The van der Waals surface area contributed by atoms with E-state index < -0.39 is 30.1 Å². The van der Waals surface area contributed by atoms with Crippen LogP contribution in [0.2, 0.25) is 0 Å². The predicted octanol–water partition coefficient (Wildman–Crippen LogP) is -0.585. The molecule has 0 spiro atoms. The Morgan fingerprint density at radius 3 is 2.37 bits per heavy atom. The SMILES string of the molecule is CCOC(=O)CCN(C)C(=O)N[C@H](C(=O)O)[C@@H](C)O. The number of hydrogen-bond acceptors (Lipinski definition) is 5. The average molecular weight is 276 g/mol. The van der Waals surface area contributed by atoms with Crippen LogP contribution in [-0.4, -0.2) is 65.4 Å². The zero-order valence-electron chi connectivity index (χ0n) is 11.3. The van der Waals surface area contributed by atoms with Gasteiger partial charge in [-0.2, -0.15) is 0 Å². The van der Waals surface area contributed by atoms with Crippen LogP contribution in [0, 0.1) is 0 Å². The van der Waals surface area contributed by atoms with Crippen LogP contribution in [0.25, 0.3) is 0 Å². The number of ether oxygens (including phenoxy) is 1. The molecule has 8 heteroatoms. The van der Waals surface area contributed by atoms with Crippen LogP contribution in [-0.2, 0) is 14.3 Å². The van der Waals surface area contributed by atoms with E-state index >= 15 is 0 Å². The van der Waals surface area contributed by atoms with Crippen LogP contribution in [0.4, 0.5) is 4.79 Å². The predicted molar refractivity (Wildman–Crippen MR) is 65.5 cm³/mol. The third kappa shape index (κ3) is 6.61. The summed E-state index contributed by atoms with van der Waals surface area (Å²) in [6.07, 6.45) is -1.20. The van der Waals surface area contributed by atoms with Crippen molar-refractivity contribution in [3.8, 4) is 0 Å². The number of rotatable bonds is 7. The Morgan fingerprint density at radius 1 is 1.37 bits per heavy atom. The van der Waals surface area contributed by atoms with Crippen molar-refractivity contribution >= 4 is 18.0 Å². The quantitative estimate of drug-likeness (QED) is 0.535. The minimum Gasteiger partial charge on any atom is -0.480 e. The molecule has 0 saturated carbocycles. The number of urea groups is 1. The largest absolute Gasteiger partial charge is 0.480 e. The summed E-state index contributed by atoms with van der Waals surface area (Å²) in [6, 6.07) is -2.07. The summed E-state index contributed by atoms with van der Waals surface area (Å²) >= 11 is 0. The van der Waals surface area contributed by atoms with Gasteiger partial charge >= 0.3 is 18.0 Å². The Bertz CT molecular complexity index is 331. The van der Waals surface area contributed by atoms with Crippen molar-refractivity contribution in [2.75, 3.05) is 20.2 Å². The van der Waals surface area contributed by atoms with Crippen LogP contribution < -0.4 is 5.32 Å². The van der Waals surface area contributed by atoms with Gasteiger partial charge in [-0.05, 0) is 13.8 Å². The molecule has 0 aromatic heterocycles. The summed E-state index contributed by atoms with van der Waals surface area (Å²) in [6.45, 7) is 3.29. The molecule has 0 aliphatic carbocycles. The molecule has 0 unspecified atom stereocenters. The number of aliphatic carboxylic acids is 1. The molecular weight excluding hydrogens is 256 g/mol. The van der Waals surface area contributed by atoms with E-state index in [9.17, 15) is 19.5 Å². The van der Waals surface area contributed by atoms with Crippen LogP contribution in [0.3, 0.4) is 0 Å². The zero-order valence-corrected chi connectivity index (χ0v) is 11.3. The Labute approximate surface area is 111 Å². The summed E-state index contributed by atoms with van der Waals surface area (Å²) in [5.41, 5.74) is 0. The minimum absolute atomic E-state index is 0.0180. The molecule has 110 valence electrons. The van der Waals surface area contributed by atoms with Crippen molar-refractivity contribution in [2.45, 2.75) is 32.4 Å². The molecule has 0 heterocycles. The van der Waals surface area contributed by atoms with Crippen LogP contribution in [0.1, 0.15) is 20.3 Å². The normalized spacial score (nSPS) is 13.3. The Kier molecular flexibility index (Phi) is 7.50. The number of hydrogen-bond donors (Lipinski definition) is 3. The Morgan fingerprint density at radius 2 is 1.95 bits per heavy atom. The Hall–Kier alpha value is -1.83. The molecule has 0 radical (unpaired) electrons. The molecule has 0 aromatic rings. The molecule has 0 rings (SSSR count). The standard InChI is InChI=1S/C11H20N2O6/c1-4-19-8(15)5-6-13(3)11(18)12-9(7(2)14)10(16)17/h7,9,14H,4-6H2,1-3H3,(H,12,18)(H,16,17)/t7-,9+/m1/s1. The van der Waals surface area contributed by atoms with Gasteiger partial charge in [0.2, 0.25) is 0 Å². The number of carboxylic acids is 1. The topological polar surface area (TPSA) is 116 Å². The molecule has 0 aromatic carbocycles. The maximum atomic E-state index is 11.6. The van der Waals surface area contributed by atoms with Crippen LogP contribution >= 0.6 is 0 Å². The first kappa shape index (κ1) is 17.2. The number of aliphatic hydroxyl groups excluding tert-OH is 1. The van der Waals surface area contributed by atoms with Gasteiger partial charge in [-0.3, -0.25) is 4.79 Å². The van der Waals surface area contributed by atoms with Crippen LogP contribution in [0.5, 0.6) is 0 Å². The first-order valence-electron chi connectivity index (χ1n) is 5.87. The minimum atomic E-state index is -1.39. The van der Waals surface area contributed by atoms with Gasteiger partial charge < -0.3 is 25.2 Å². The molecule has 0 bridgehead atoms. The monoisotopic (exact) mass is 276 g/mol. The van der Waals surface area contributed by atoms with E-state index in [1.807, 2.05) is 0 Å². The maximum Gasteiger partial charge on any atom is 0.328 e. The lowest BCUT2D eigenvalue weighted by atomic mass is 10.2. The number of aliphatic hydroxyl groups is 1. The molecule has 0 fully saturated rings. The number of nitrogens with zero attached hydrogens (tertiary/aromatic N) is 1. The van der Waals surface area contributed by atoms with E-state index in [0.717, 1.165) is 4.90 Å². The van der Waals surface area contributed by atoms with E-state index in [0.29, 0.717) is 0 Å². The van der Waals surface area contributed by atoms with Crippen molar-refractivity contribution in [1.82, 2.24) is 10.2 Å². The third-order valence-electron chi connectivity index (χ3n) is 2.33. The highest BCUT2D eigenvalue weighted by Gasteiger charge is 2.26. The van der Waals surface area contributed by atoms with E-state index in [-0.39, 0.29) is 19.6 Å². The van der Waals surface area contributed by atoms with Crippen molar-refractivity contribution < 1.29 is 29.3 Å². The molecule has 0 aliphatic rings. The lowest BCUT2D eigenvalue weighted by molar-refractivity contribution is -0.144. The molecule has 8 nitrogen and oxygen atoms in total. The van der Waals surface area contributed by atoms with Crippen molar-refractivity contribution in [3.63, 3.8) is 0 Å². The number of carbonyl (C=O) groups is 3. The first-order valence-corrected chi connectivity index (χ1v) is 5.87. The molecule has 3 N–H and O–H groups in total. The van der Waals surface area contributed by atoms with Crippen molar-refractivity contribution in [1.29, 1.82) is 0 Å². The number of amides is 2. The second-order valence-corrected chi connectivity index (χ2v) is 3.98. The zero-order chi connectivity index (χ0) is 15.0. The second-order valence-electron chi connectivity index (χ2n) is 3.98. The Balaban J connectivity index is 4.26. The molecule has 19 heavy (non-hydrogen) atoms. The summed E-state index contributed by atoms with van der Waals surface area (Å²) in [7, 11) is 1.41. The third-order valence-corrected chi connectivity index (χ3v) is 2.33. The second kappa shape index (κ2) is 8.30. The van der Waals surface area contributed by atoms with E-state index in [4.69, 9.17) is 9.84 Å². The molecule has 0 saturated heterocycles. The lowest BCUT2D eigenvalue weighted by Gasteiger charge is -2.22. The molecule has 2 atom stereocenters. The molecular formula is C11H20N2O6. The first-order chi connectivity index (χ1) is 8.79. The average Bonchev–Trinajstić information content (AvgIpc) is 2.32. The molecule has 2 amide bonds. The van der Waals surface area contributed by atoms with Gasteiger partial charge in [0.1, 0.15) is 0 Å². The van der Waals surface area contributed by atoms with Gasteiger partial charge in [0.15, 0.2) is 6.04 Å². The summed E-state index contributed by atoms with van der Waals surface area (Å²) in [4.78, 5) is 34.6. The van der Waals surface area contributed by atoms with Gasteiger partial charge in [-0.1, -0.05) is 0 Å². The summed E-state index contributed by atoms with van der Waals surface area (Å²) in [5.74, 6) is -1.77. The van der Waals surface area contributed by atoms with Gasteiger partial charge in [-0.15, -0.1) is 0 Å². The van der Waals surface area contributed by atoms with Gasteiger partial charge in [0.25, 0.3) is 0 Å². The fourth-order valence-electron chi connectivity index (χ4n) is 1.23. The lowest BCUT2D eigenvalue weighted by Crippen LogP contribution is -2.51. The number of nitrogens with one attached hydrogen (secondary N) is 1. The summed E-state index contributed by atoms with van der Waals surface area (Å²) in [5, 5.41) is 20.2. The molecule has 0 aliphatic heterocycles. The number of esters is 1. The van der Waals surface area contributed by atoms with E-state index in [2.05, 4.69) is 5.32 Å². The fourth-order valence-corrected chi connectivity index (χ4v) is 1.23. The van der Waals surface area contributed by atoms with Crippen LogP contribution in [0.15, 0.2) is 0 Å². The van der Waals surface area contributed by atoms with Crippen molar-refractivity contribution in [2.24, 2.45) is 0 Å². The smallest absolute Gasteiger partial charge is 0.328 e. The van der Waals surface area contributed by atoms with Gasteiger partial charge in [0.05, 0.1) is 19.1 Å².